The lowest BCUT2D eigenvalue weighted by Crippen LogP contribution is -1.95. The molecule has 5 nitrogen and oxygen atoms in total. The monoisotopic (exact) mass is 358 g/mol. The Morgan fingerprint density at radius 3 is 2.48 bits per heavy atom. The first-order valence-electron chi connectivity index (χ1n) is 8.54. The number of aromatic nitrogens is 2. The Morgan fingerprint density at radius 2 is 1.78 bits per heavy atom. The van der Waals surface area contributed by atoms with Crippen LogP contribution in [-0.2, 0) is 0 Å². The third-order valence-electron chi connectivity index (χ3n) is 4.63. The number of hydrogen-bond donors (Lipinski definition) is 2. The number of fused-ring (bicyclic) bond motifs is 1. The number of nitrogens with zero attached hydrogens (tertiary/aromatic N) is 1. The summed E-state index contributed by atoms with van der Waals surface area (Å²) in [6.45, 7) is 2.03. The molecule has 0 aliphatic carbocycles. The average molecular weight is 358 g/mol. The quantitative estimate of drug-likeness (QED) is 0.543. The number of benzene rings is 2. The molecule has 2 aromatic carbocycles. The molecular formula is C22H18N2O3. The van der Waals surface area contributed by atoms with Gasteiger partial charge in [0.05, 0.1) is 29.6 Å². The van der Waals surface area contributed by atoms with E-state index in [4.69, 9.17) is 14.8 Å². The Morgan fingerprint density at radius 1 is 1.04 bits per heavy atom. The second-order valence-electron chi connectivity index (χ2n) is 6.35. The topological polar surface area (TPSA) is 75.2 Å². The van der Waals surface area contributed by atoms with Crippen LogP contribution in [0.15, 0.2) is 60.7 Å². The summed E-state index contributed by atoms with van der Waals surface area (Å²) in [5, 5.41) is 10.0. The zero-order chi connectivity index (χ0) is 19.0. The Hall–Kier alpha value is -3.60. The molecule has 2 heterocycles. The van der Waals surface area contributed by atoms with Crippen molar-refractivity contribution in [1.29, 1.82) is 0 Å². The van der Waals surface area contributed by atoms with Gasteiger partial charge in [-0.2, -0.15) is 0 Å². The molecule has 0 unspecified atom stereocenters. The van der Waals surface area contributed by atoms with Crippen LogP contribution in [0.1, 0.15) is 15.9 Å². The fourth-order valence-corrected chi connectivity index (χ4v) is 3.17. The summed E-state index contributed by atoms with van der Waals surface area (Å²) in [6, 6.07) is 18.6. The molecule has 5 heteroatoms. The van der Waals surface area contributed by atoms with Crippen LogP contribution in [0, 0.1) is 6.92 Å². The Kier molecular flexibility index (Phi) is 4.12. The number of methoxy groups -OCH3 is 1. The van der Waals surface area contributed by atoms with E-state index in [9.17, 15) is 4.79 Å². The highest BCUT2D eigenvalue weighted by Crippen LogP contribution is 2.32. The van der Waals surface area contributed by atoms with Crippen molar-refractivity contribution in [3.05, 3.63) is 71.8 Å². The first-order chi connectivity index (χ1) is 13.1. The molecule has 0 bridgehead atoms. The number of aromatic carboxylic acids is 1. The minimum atomic E-state index is -0.934. The first kappa shape index (κ1) is 16.8. The summed E-state index contributed by atoms with van der Waals surface area (Å²) in [6.07, 6.45) is 0. The molecule has 134 valence electrons. The van der Waals surface area contributed by atoms with E-state index in [0.29, 0.717) is 0 Å². The minimum absolute atomic E-state index is 0.266. The molecule has 0 radical (unpaired) electrons. The maximum Gasteiger partial charge on any atom is 0.335 e. The number of H-pyrrole nitrogens is 1. The maximum absolute atomic E-state index is 11.0. The number of carbonyl (C=O) groups is 1. The van der Waals surface area contributed by atoms with Crippen molar-refractivity contribution >= 4 is 16.9 Å². The van der Waals surface area contributed by atoms with Crippen molar-refractivity contribution in [3.63, 3.8) is 0 Å². The number of aromatic amines is 1. The molecule has 4 aromatic rings. The van der Waals surface area contributed by atoms with E-state index in [-0.39, 0.29) is 5.56 Å². The Bertz CT molecular complexity index is 1140. The normalized spacial score (nSPS) is 10.9. The van der Waals surface area contributed by atoms with E-state index in [1.165, 1.54) is 0 Å². The summed E-state index contributed by atoms with van der Waals surface area (Å²) >= 11 is 0. The Labute approximate surface area is 156 Å². The summed E-state index contributed by atoms with van der Waals surface area (Å²) in [5.74, 6) is -0.155. The number of aryl methyl sites for hydroxylation is 1. The second kappa shape index (κ2) is 6.61. The lowest BCUT2D eigenvalue weighted by Gasteiger charge is -2.09. The van der Waals surface area contributed by atoms with Crippen LogP contribution in [0.25, 0.3) is 33.5 Å². The van der Waals surface area contributed by atoms with E-state index in [0.717, 1.165) is 44.9 Å². The fraction of sp³-hybridized carbons (Fsp3) is 0.0909. The lowest BCUT2D eigenvalue weighted by atomic mass is 10.1. The molecule has 0 saturated heterocycles. The molecule has 27 heavy (non-hydrogen) atoms. The Balaban J connectivity index is 1.77. The van der Waals surface area contributed by atoms with Crippen LogP contribution >= 0.6 is 0 Å². The molecule has 0 aliphatic rings. The van der Waals surface area contributed by atoms with Gasteiger partial charge in [-0.1, -0.05) is 24.3 Å². The zero-order valence-corrected chi connectivity index (χ0v) is 15.0. The van der Waals surface area contributed by atoms with E-state index >= 15 is 0 Å². The standard InChI is InChI=1S/C22H18N2O3/c1-13-4-3-5-16-20(27-2)12-19(24-21(13)16)18-11-10-17(23-18)14-6-8-15(9-7-14)22(25)26/h3-12,23H,1-2H3,(H,25,26). The van der Waals surface area contributed by atoms with Crippen molar-refractivity contribution < 1.29 is 14.6 Å². The third-order valence-corrected chi connectivity index (χ3v) is 4.63. The van der Waals surface area contributed by atoms with Gasteiger partial charge in [0.25, 0.3) is 0 Å². The SMILES string of the molecule is COc1cc(-c2ccc(-c3ccc(C(=O)O)cc3)[nH]2)nc2c(C)cccc12. The predicted octanol–water partition coefficient (Wildman–Crippen LogP) is 4.91. The number of para-hydroxylation sites is 1. The number of hydrogen-bond acceptors (Lipinski definition) is 3. The van der Waals surface area contributed by atoms with Gasteiger partial charge in [-0.05, 0) is 48.4 Å². The number of carboxylic acids is 1. The molecule has 0 aliphatic heterocycles. The zero-order valence-electron chi connectivity index (χ0n) is 15.0. The van der Waals surface area contributed by atoms with Crippen LogP contribution in [0.2, 0.25) is 0 Å². The molecular weight excluding hydrogens is 340 g/mol. The van der Waals surface area contributed by atoms with Crippen LogP contribution in [0.5, 0.6) is 5.75 Å². The molecule has 0 saturated carbocycles. The van der Waals surface area contributed by atoms with Gasteiger partial charge >= 0.3 is 5.97 Å². The largest absolute Gasteiger partial charge is 0.496 e. The number of carboxylic acid groups (broad SMARTS) is 1. The van der Waals surface area contributed by atoms with E-state index in [2.05, 4.69) is 4.98 Å². The molecule has 0 atom stereocenters. The van der Waals surface area contributed by atoms with Gasteiger partial charge in [0.1, 0.15) is 5.75 Å². The summed E-state index contributed by atoms with van der Waals surface area (Å²) in [7, 11) is 1.66. The summed E-state index contributed by atoms with van der Waals surface area (Å²) in [4.78, 5) is 19.2. The smallest absolute Gasteiger partial charge is 0.335 e. The van der Waals surface area contributed by atoms with Crippen molar-refractivity contribution in [1.82, 2.24) is 9.97 Å². The van der Waals surface area contributed by atoms with E-state index in [1.54, 1.807) is 31.4 Å². The van der Waals surface area contributed by atoms with Gasteiger partial charge in [0.15, 0.2) is 0 Å². The van der Waals surface area contributed by atoms with Gasteiger partial charge in [0.2, 0.25) is 0 Å². The fourth-order valence-electron chi connectivity index (χ4n) is 3.17. The van der Waals surface area contributed by atoms with Gasteiger partial charge in [-0.3, -0.25) is 0 Å². The number of nitrogens with one attached hydrogen (secondary N) is 1. The van der Waals surface area contributed by atoms with Gasteiger partial charge in [-0.15, -0.1) is 0 Å². The van der Waals surface area contributed by atoms with Gasteiger partial charge < -0.3 is 14.8 Å². The van der Waals surface area contributed by atoms with Gasteiger partial charge in [-0.25, -0.2) is 9.78 Å². The van der Waals surface area contributed by atoms with E-state index < -0.39 is 5.97 Å². The minimum Gasteiger partial charge on any atom is -0.496 e. The van der Waals surface area contributed by atoms with Crippen molar-refractivity contribution in [2.24, 2.45) is 0 Å². The number of ether oxygens (including phenoxy) is 1. The second-order valence-corrected chi connectivity index (χ2v) is 6.35. The third kappa shape index (κ3) is 3.04. The average Bonchev–Trinajstić information content (AvgIpc) is 3.18. The van der Waals surface area contributed by atoms with Crippen LogP contribution in [-0.4, -0.2) is 28.2 Å². The van der Waals surface area contributed by atoms with Crippen molar-refractivity contribution in [2.75, 3.05) is 7.11 Å². The van der Waals surface area contributed by atoms with Crippen molar-refractivity contribution in [3.8, 4) is 28.4 Å². The predicted molar refractivity (Wildman–Crippen MR) is 105 cm³/mol. The van der Waals surface area contributed by atoms with E-state index in [1.807, 2.05) is 43.3 Å². The first-order valence-corrected chi connectivity index (χ1v) is 8.54. The molecule has 2 aromatic heterocycles. The molecule has 0 amide bonds. The summed E-state index contributed by atoms with van der Waals surface area (Å²) < 4.78 is 5.56. The molecule has 2 N–H and O–H groups in total. The van der Waals surface area contributed by atoms with Crippen LogP contribution in [0.4, 0.5) is 0 Å². The highest BCUT2D eigenvalue weighted by Gasteiger charge is 2.12. The summed E-state index contributed by atoms with van der Waals surface area (Å²) in [5.41, 5.74) is 5.74. The molecule has 0 fully saturated rings. The highest BCUT2D eigenvalue weighted by atomic mass is 16.5. The lowest BCUT2D eigenvalue weighted by molar-refractivity contribution is 0.0697. The van der Waals surface area contributed by atoms with Crippen LogP contribution < -0.4 is 4.74 Å². The van der Waals surface area contributed by atoms with Gasteiger partial charge in [0, 0.05) is 17.1 Å². The van der Waals surface area contributed by atoms with Crippen LogP contribution in [0.3, 0.4) is 0 Å². The van der Waals surface area contributed by atoms with Crippen molar-refractivity contribution in [2.45, 2.75) is 6.92 Å². The molecule has 0 spiro atoms. The number of pyridine rings is 1. The molecule has 4 rings (SSSR count). The maximum atomic E-state index is 11.0. The number of rotatable bonds is 4. The highest BCUT2D eigenvalue weighted by molar-refractivity contribution is 5.90.